The maximum Gasteiger partial charge on any atom is 0.223 e. The highest BCUT2D eigenvalue weighted by Gasteiger charge is 2.21. The van der Waals surface area contributed by atoms with Crippen LogP contribution in [0.5, 0.6) is 0 Å². The topological polar surface area (TPSA) is 41.4 Å². The molecule has 0 aliphatic carbocycles. The first-order valence-corrected chi connectivity index (χ1v) is 9.94. The van der Waals surface area contributed by atoms with E-state index < -0.39 is 0 Å². The number of carbonyl (C=O) groups is 1. The van der Waals surface area contributed by atoms with Crippen molar-refractivity contribution in [3.63, 3.8) is 0 Å². The van der Waals surface area contributed by atoms with E-state index in [4.69, 9.17) is 11.6 Å². The van der Waals surface area contributed by atoms with Crippen LogP contribution < -0.4 is 4.90 Å². The zero-order valence-corrected chi connectivity index (χ0v) is 16.4. The van der Waals surface area contributed by atoms with Crippen LogP contribution in [0.3, 0.4) is 0 Å². The monoisotopic (exact) mass is 394 g/mol. The summed E-state index contributed by atoms with van der Waals surface area (Å²) < 4.78 is 1.85. The second-order valence-electron chi connectivity index (χ2n) is 6.97. The van der Waals surface area contributed by atoms with Crippen LogP contribution in [0.1, 0.15) is 12.0 Å². The number of hydrogen-bond donors (Lipinski definition) is 0. The summed E-state index contributed by atoms with van der Waals surface area (Å²) in [6.07, 6.45) is 5.07. The van der Waals surface area contributed by atoms with E-state index in [0.29, 0.717) is 12.8 Å². The average Bonchev–Trinajstić information content (AvgIpc) is 3.22. The van der Waals surface area contributed by atoms with Gasteiger partial charge in [-0.25, -0.2) is 4.68 Å². The summed E-state index contributed by atoms with van der Waals surface area (Å²) in [5, 5.41) is 5.15. The van der Waals surface area contributed by atoms with Crippen molar-refractivity contribution in [2.75, 3.05) is 31.1 Å². The van der Waals surface area contributed by atoms with Gasteiger partial charge in [-0.2, -0.15) is 5.10 Å². The molecular weight excluding hydrogens is 372 g/mol. The van der Waals surface area contributed by atoms with Crippen LogP contribution in [-0.2, 0) is 11.2 Å². The number of para-hydroxylation sites is 1. The largest absolute Gasteiger partial charge is 0.368 e. The van der Waals surface area contributed by atoms with Gasteiger partial charge < -0.3 is 9.80 Å². The molecule has 1 aromatic heterocycles. The summed E-state index contributed by atoms with van der Waals surface area (Å²) in [4.78, 5) is 16.9. The van der Waals surface area contributed by atoms with Crippen molar-refractivity contribution in [2.45, 2.75) is 12.8 Å². The fourth-order valence-corrected chi connectivity index (χ4v) is 3.61. The second-order valence-corrected chi connectivity index (χ2v) is 7.41. The minimum Gasteiger partial charge on any atom is -0.368 e. The summed E-state index contributed by atoms with van der Waals surface area (Å²) in [6, 6.07) is 17.9. The van der Waals surface area contributed by atoms with Gasteiger partial charge in [0, 0.05) is 49.5 Å². The molecule has 0 bridgehead atoms. The number of halogens is 1. The van der Waals surface area contributed by atoms with Gasteiger partial charge in [0.25, 0.3) is 0 Å². The Morgan fingerprint density at radius 1 is 0.929 bits per heavy atom. The Bertz CT molecular complexity index is 915. The van der Waals surface area contributed by atoms with E-state index in [1.807, 2.05) is 76.6 Å². The molecule has 6 heteroatoms. The fraction of sp³-hybridized carbons (Fsp3) is 0.273. The third kappa shape index (κ3) is 4.37. The number of benzene rings is 2. The Morgan fingerprint density at radius 2 is 1.64 bits per heavy atom. The molecule has 2 heterocycles. The van der Waals surface area contributed by atoms with Gasteiger partial charge in [0.05, 0.1) is 11.9 Å². The lowest BCUT2D eigenvalue weighted by Crippen LogP contribution is -2.48. The van der Waals surface area contributed by atoms with Crippen LogP contribution in [0.2, 0.25) is 5.02 Å². The Labute approximate surface area is 170 Å². The molecule has 1 fully saturated rings. The third-order valence-electron chi connectivity index (χ3n) is 5.11. The van der Waals surface area contributed by atoms with Gasteiger partial charge in [-0.3, -0.25) is 4.79 Å². The molecule has 0 radical (unpaired) electrons. The van der Waals surface area contributed by atoms with Gasteiger partial charge >= 0.3 is 0 Å². The highest BCUT2D eigenvalue weighted by Crippen LogP contribution is 2.20. The number of aromatic nitrogens is 2. The Balaban J connectivity index is 1.27. The zero-order chi connectivity index (χ0) is 19.3. The Morgan fingerprint density at radius 3 is 2.36 bits per heavy atom. The molecule has 28 heavy (non-hydrogen) atoms. The first-order chi connectivity index (χ1) is 13.7. The van der Waals surface area contributed by atoms with Gasteiger partial charge in [-0.1, -0.05) is 29.8 Å². The van der Waals surface area contributed by atoms with Crippen molar-refractivity contribution in [3.05, 3.63) is 77.6 Å². The Hall–Kier alpha value is -2.79. The fourth-order valence-electron chi connectivity index (χ4n) is 3.49. The predicted octanol–water partition coefficient (Wildman–Crippen LogP) is 3.81. The molecule has 1 amide bonds. The number of hydrogen-bond acceptors (Lipinski definition) is 3. The summed E-state index contributed by atoms with van der Waals surface area (Å²) in [5.41, 5.74) is 3.26. The Kier molecular flexibility index (Phi) is 5.63. The molecule has 0 spiro atoms. The molecule has 144 valence electrons. The van der Waals surface area contributed by atoms with Gasteiger partial charge in [0.15, 0.2) is 0 Å². The van der Waals surface area contributed by atoms with Crippen LogP contribution in [-0.4, -0.2) is 46.8 Å². The number of rotatable bonds is 5. The van der Waals surface area contributed by atoms with Crippen molar-refractivity contribution in [1.29, 1.82) is 0 Å². The van der Waals surface area contributed by atoms with E-state index in [2.05, 4.69) is 10.00 Å². The molecular formula is C22H23ClN4O. The quantitative estimate of drug-likeness (QED) is 0.660. The van der Waals surface area contributed by atoms with Gasteiger partial charge in [0.2, 0.25) is 5.91 Å². The van der Waals surface area contributed by atoms with E-state index in [0.717, 1.165) is 48.1 Å². The van der Waals surface area contributed by atoms with E-state index in [1.54, 1.807) is 0 Å². The first-order valence-electron chi connectivity index (χ1n) is 9.56. The minimum atomic E-state index is 0.211. The van der Waals surface area contributed by atoms with Crippen LogP contribution in [0.25, 0.3) is 5.69 Å². The number of nitrogens with zero attached hydrogens (tertiary/aromatic N) is 4. The molecule has 1 aliphatic heterocycles. The molecule has 2 aromatic carbocycles. The van der Waals surface area contributed by atoms with Crippen LogP contribution in [0.15, 0.2) is 67.0 Å². The second kappa shape index (κ2) is 8.48. The van der Waals surface area contributed by atoms with E-state index in [9.17, 15) is 4.79 Å². The molecule has 0 unspecified atom stereocenters. The first kappa shape index (κ1) is 18.6. The highest BCUT2D eigenvalue weighted by molar-refractivity contribution is 6.30. The normalized spacial score (nSPS) is 14.3. The molecule has 0 atom stereocenters. The number of carbonyl (C=O) groups excluding carboxylic acids is 1. The average molecular weight is 395 g/mol. The maximum atomic E-state index is 12.6. The van der Waals surface area contributed by atoms with Crippen molar-refractivity contribution < 1.29 is 4.79 Å². The van der Waals surface area contributed by atoms with E-state index in [-0.39, 0.29) is 5.91 Å². The number of piperazine rings is 1. The van der Waals surface area contributed by atoms with Crippen LogP contribution in [0, 0.1) is 0 Å². The lowest BCUT2D eigenvalue weighted by molar-refractivity contribution is -0.131. The molecule has 5 nitrogen and oxygen atoms in total. The predicted molar refractivity (Wildman–Crippen MR) is 112 cm³/mol. The third-order valence-corrected chi connectivity index (χ3v) is 5.36. The summed E-state index contributed by atoms with van der Waals surface area (Å²) >= 11 is 5.96. The molecule has 0 N–H and O–H groups in total. The SMILES string of the molecule is O=C(CCc1cnn(-c2ccccc2)c1)N1CCN(c2ccc(Cl)cc2)CC1. The summed E-state index contributed by atoms with van der Waals surface area (Å²) in [7, 11) is 0. The number of anilines is 1. The van der Waals surface area contributed by atoms with Crippen molar-refractivity contribution >= 4 is 23.2 Å². The van der Waals surface area contributed by atoms with Crippen molar-refractivity contribution in [1.82, 2.24) is 14.7 Å². The van der Waals surface area contributed by atoms with E-state index >= 15 is 0 Å². The molecule has 1 saturated heterocycles. The van der Waals surface area contributed by atoms with Gasteiger partial charge in [0.1, 0.15) is 0 Å². The molecule has 4 rings (SSSR count). The molecule has 1 aliphatic rings. The van der Waals surface area contributed by atoms with Crippen LogP contribution >= 0.6 is 11.6 Å². The lowest BCUT2D eigenvalue weighted by atomic mass is 10.1. The molecule has 3 aromatic rings. The highest BCUT2D eigenvalue weighted by atomic mass is 35.5. The maximum absolute atomic E-state index is 12.6. The minimum absolute atomic E-state index is 0.211. The summed E-state index contributed by atoms with van der Waals surface area (Å²) in [5.74, 6) is 0.211. The van der Waals surface area contributed by atoms with Crippen molar-refractivity contribution in [2.24, 2.45) is 0 Å². The van der Waals surface area contributed by atoms with Gasteiger partial charge in [-0.05, 0) is 48.4 Å². The number of aryl methyl sites for hydroxylation is 1. The summed E-state index contributed by atoms with van der Waals surface area (Å²) in [6.45, 7) is 3.20. The standard InChI is InChI=1S/C22H23ClN4O/c23-19-7-9-20(10-8-19)25-12-14-26(15-13-25)22(28)11-6-18-16-24-27(17-18)21-4-2-1-3-5-21/h1-5,7-10,16-17H,6,11-15H2. The molecule has 0 saturated carbocycles. The van der Waals surface area contributed by atoms with Crippen molar-refractivity contribution in [3.8, 4) is 5.69 Å². The lowest BCUT2D eigenvalue weighted by Gasteiger charge is -2.36. The van der Waals surface area contributed by atoms with Crippen LogP contribution in [0.4, 0.5) is 5.69 Å². The number of amides is 1. The van der Waals surface area contributed by atoms with E-state index in [1.165, 1.54) is 0 Å². The van der Waals surface area contributed by atoms with Gasteiger partial charge in [-0.15, -0.1) is 0 Å². The smallest absolute Gasteiger partial charge is 0.223 e. The zero-order valence-electron chi connectivity index (χ0n) is 15.7.